The van der Waals surface area contributed by atoms with Gasteiger partial charge in [0.1, 0.15) is 28.9 Å². The van der Waals surface area contributed by atoms with Crippen LogP contribution in [0.1, 0.15) is 16.4 Å². The first-order valence-corrected chi connectivity index (χ1v) is 10.7. The van der Waals surface area contributed by atoms with Gasteiger partial charge in [-0.2, -0.15) is 0 Å². The Bertz CT molecular complexity index is 1360. The van der Waals surface area contributed by atoms with Crippen LogP contribution in [0.2, 0.25) is 0 Å². The van der Waals surface area contributed by atoms with Crippen LogP contribution in [0.5, 0.6) is 0 Å². The lowest BCUT2D eigenvalue weighted by Crippen LogP contribution is -2.49. The molecule has 1 aliphatic heterocycles. The van der Waals surface area contributed by atoms with E-state index in [-0.39, 0.29) is 17.1 Å². The molecule has 1 aliphatic rings. The predicted octanol–water partition coefficient (Wildman–Crippen LogP) is 2.99. The van der Waals surface area contributed by atoms with Gasteiger partial charge in [-0.25, -0.2) is 15.0 Å². The van der Waals surface area contributed by atoms with Crippen molar-refractivity contribution in [3.63, 3.8) is 0 Å². The van der Waals surface area contributed by atoms with E-state index in [4.69, 9.17) is 4.42 Å². The first-order chi connectivity index (χ1) is 16.1. The van der Waals surface area contributed by atoms with Crippen molar-refractivity contribution in [3.05, 3.63) is 82.6 Å². The summed E-state index contributed by atoms with van der Waals surface area (Å²) in [6.07, 6.45) is 1.71. The number of carbonyl (C=O) groups excluding carboxylic acids is 1. The van der Waals surface area contributed by atoms with E-state index >= 15 is 0 Å². The molecule has 1 aromatic carbocycles. The molecule has 33 heavy (non-hydrogen) atoms. The van der Waals surface area contributed by atoms with Gasteiger partial charge in [0, 0.05) is 44.5 Å². The second-order valence-electron chi connectivity index (χ2n) is 7.75. The smallest absolute Gasteiger partial charge is 0.289 e. The van der Waals surface area contributed by atoms with E-state index in [2.05, 4.69) is 25.2 Å². The summed E-state index contributed by atoms with van der Waals surface area (Å²) >= 11 is 0. The predicted molar refractivity (Wildman–Crippen MR) is 125 cm³/mol. The Hall–Kier alpha value is -4.27. The van der Waals surface area contributed by atoms with Crippen LogP contribution in [-0.2, 0) is 0 Å². The molecule has 9 nitrogen and oxygen atoms in total. The van der Waals surface area contributed by atoms with Gasteiger partial charge in [-0.1, -0.05) is 18.2 Å². The van der Waals surface area contributed by atoms with Gasteiger partial charge in [0.2, 0.25) is 0 Å². The number of rotatable bonds is 4. The molecule has 1 saturated heterocycles. The molecule has 0 radical (unpaired) electrons. The quantitative estimate of drug-likeness (QED) is 0.514. The summed E-state index contributed by atoms with van der Waals surface area (Å²) in [4.78, 5) is 42.4. The topological polar surface area (TPSA) is 104 Å². The van der Waals surface area contributed by atoms with Crippen molar-refractivity contribution in [1.82, 2.24) is 19.9 Å². The second kappa shape index (κ2) is 8.70. The van der Waals surface area contributed by atoms with Crippen molar-refractivity contribution in [2.75, 3.05) is 36.4 Å². The lowest BCUT2D eigenvalue weighted by molar-refractivity contribution is 0.0715. The molecule has 4 aromatic rings. The van der Waals surface area contributed by atoms with Crippen LogP contribution in [-0.4, -0.2) is 51.9 Å². The summed E-state index contributed by atoms with van der Waals surface area (Å²) < 4.78 is 5.72. The van der Waals surface area contributed by atoms with Gasteiger partial charge in [-0.15, -0.1) is 0 Å². The van der Waals surface area contributed by atoms with Gasteiger partial charge in [-0.3, -0.25) is 9.59 Å². The van der Waals surface area contributed by atoms with Crippen LogP contribution in [0.15, 0.2) is 70.0 Å². The van der Waals surface area contributed by atoms with E-state index in [1.165, 1.54) is 6.07 Å². The molecular weight excluding hydrogens is 420 g/mol. The molecule has 3 aromatic heterocycles. The molecule has 0 unspecified atom stereocenters. The van der Waals surface area contributed by atoms with Gasteiger partial charge in [0.05, 0.1) is 5.39 Å². The number of hydrogen-bond donors (Lipinski definition) is 1. The summed E-state index contributed by atoms with van der Waals surface area (Å²) in [5.74, 6) is 2.56. The van der Waals surface area contributed by atoms with Gasteiger partial charge >= 0.3 is 0 Å². The van der Waals surface area contributed by atoms with Gasteiger partial charge in [0.15, 0.2) is 11.2 Å². The van der Waals surface area contributed by atoms with Crippen LogP contribution in [0.4, 0.5) is 17.5 Å². The zero-order valence-electron chi connectivity index (χ0n) is 18.1. The summed E-state index contributed by atoms with van der Waals surface area (Å²) in [6.45, 7) is 4.02. The summed E-state index contributed by atoms with van der Waals surface area (Å²) in [5.41, 5.74) is 0.194. The largest absolute Gasteiger partial charge is 0.451 e. The molecule has 0 saturated carbocycles. The standard InChI is InChI=1S/C24H22N6O3/c1-16-26-22(28-21-8-4-5-9-25-21)15-23(27-16)29-10-12-30(13-11-29)24(32)20-14-18(31)17-6-2-3-7-19(17)33-20/h2-9,14-15H,10-13H2,1H3,(H,25,26,27,28). The van der Waals surface area contributed by atoms with Crippen molar-refractivity contribution in [2.45, 2.75) is 6.92 Å². The first kappa shape index (κ1) is 20.6. The number of carbonyl (C=O) groups is 1. The molecule has 0 bridgehead atoms. The number of fused-ring (bicyclic) bond motifs is 1. The number of aromatic nitrogens is 3. The number of anilines is 3. The van der Waals surface area contributed by atoms with E-state index in [1.807, 2.05) is 31.2 Å². The fourth-order valence-corrected chi connectivity index (χ4v) is 3.85. The fourth-order valence-electron chi connectivity index (χ4n) is 3.85. The maximum atomic E-state index is 13.0. The van der Waals surface area contributed by atoms with Crippen LogP contribution >= 0.6 is 0 Å². The third kappa shape index (κ3) is 4.38. The normalized spacial score (nSPS) is 13.8. The van der Waals surface area contributed by atoms with Crippen LogP contribution in [0.25, 0.3) is 11.0 Å². The number of hydrogen-bond acceptors (Lipinski definition) is 8. The number of nitrogens with one attached hydrogen (secondary N) is 1. The molecule has 166 valence electrons. The van der Waals surface area contributed by atoms with Gasteiger partial charge in [-0.05, 0) is 31.2 Å². The maximum Gasteiger partial charge on any atom is 0.289 e. The average Bonchev–Trinajstić information content (AvgIpc) is 2.84. The Morgan fingerprint density at radius 1 is 0.970 bits per heavy atom. The number of benzene rings is 1. The van der Waals surface area contributed by atoms with Crippen LogP contribution in [0, 0.1) is 6.92 Å². The molecule has 9 heteroatoms. The highest BCUT2D eigenvalue weighted by atomic mass is 16.3. The van der Waals surface area contributed by atoms with E-state index in [0.29, 0.717) is 54.6 Å². The third-order valence-electron chi connectivity index (χ3n) is 5.48. The molecular formula is C24H22N6O3. The minimum absolute atomic E-state index is 0.0619. The number of para-hydroxylation sites is 1. The van der Waals surface area contributed by atoms with Crippen molar-refractivity contribution in [1.29, 1.82) is 0 Å². The zero-order valence-corrected chi connectivity index (χ0v) is 18.1. The van der Waals surface area contributed by atoms with Crippen LogP contribution in [0.3, 0.4) is 0 Å². The molecule has 0 aliphatic carbocycles. The Kier molecular flexibility index (Phi) is 5.43. The van der Waals surface area contributed by atoms with Gasteiger partial charge < -0.3 is 19.5 Å². The van der Waals surface area contributed by atoms with Crippen LogP contribution < -0.4 is 15.6 Å². The fraction of sp³-hybridized carbons (Fsp3) is 0.208. The van der Waals surface area contributed by atoms with E-state index in [9.17, 15) is 9.59 Å². The number of aryl methyl sites for hydroxylation is 1. The minimum atomic E-state index is -0.283. The monoisotopic (exact) mass is 442 g/mol. The molecule has 1 amide bonds. The summed E-state index contributed by atoms with van der Waals surface area (Å²) in [7, 11) is 0. The molecule has 0 atom stereocenters. The minimum Gasteiger partial charge on any atom is -0.451 e. The molecule has 0 spiro atoms. The van der Waals surface area contributed by atoms with E-state index < -0.39 is 0 Å². The average molecular weight is 442 g/mol. The van der Waals surface area contributed by atoms with E-state index in [1.54, 1.807) is 35.4 Å². The molecule has 1 N–H and O–H groups in total. The lowest BCUT2D eigenvalue weighted by Gasteiger charge is -2.35. The highest BCUT2D eigenvalue weighted by Gasteiger charge is 2.25. The molecule has 5 rings (SSSR count). The van der Waals surface area contributed by atoms with Gasteiger partial charge in [0.25, 0.3) is 5.91 Å². The van der Waals surface area contributed by atoms with Crippen molar-refractivity contribution < 1.29 is 9.21 Å². The Morgan fingerprint density at radius 3 is 2.55 bits per heavy atom. The van der Waals surface area contributed by atoms with Crippen molar-refractivity contribution in [2.24, 2.45) is 0 Å². The first-order valence-electron chi connectivity index (χ1n) is 10.7. The Morgan fingerprint density at radius 2 is 1.76 bits per heavy atom. The number of amides is 1. The zero-order chi connectivity index (χ0) is 22.8. The highest BCUT2D eigenvalue weighted by molar-refractivity contribution is 5.93. The SMILES string of the molecule is Cc1nc(Nc2ccccn2)cc(N2CCN(C(=O)c3cc(=O)c4ccccc4o3)CC2)n1. The van der Waals surface area contributed by atoms with Crippen molar-refractivity contribution >= 4 is 34.3 Å². The van der Waals surface area contributed by atoms with E-state index in [0.717, 1.165) is 5.82 Å². The lowest BCUT2D eigenvalue weighted by atomic mass is 10.2. The molecule has 1 fully saturated rings. The third-order valence-corrected chi connectivity index (χ3v) is 5.48. The summed E-state index contributed by atoms with van der Waals surface area (Å²) in [5, 5.41) is 3.66. The highest BCUT2D eigenvalue weighted by Crippen LogP contribution is 2.21. The number of nitrogens with zero attached hydrogens (tertiary/aromatic N) is 5. The maximum absolute atomic E-state index is 13.0. The summed E-state index contributed by atoms with van der Waals surface area (Å²) in [6, 6.07) is 15.7. The molecule has 4 heterocycles. The number of pyridine rings is 1. The van der Waals surface area contributed by atoms with Crippen molar-refractivity contribution in [3.8, 4) is 0 Å². The second-order valence-corrected chi connectivity index (χ2v) is 7.75. The number of piperazine rings is 1. The Balaban J connectivity index is 1.29. The Labute approximate surface area is 189 Å².